The lowest BCUT2D eigenvalue weighted by atomic mass is 9.90. The van der Waals surface area contributed by atoms with Crippen LogP contribution in [0.3, 0.4) is 0 Å². The molecular formula is C22H25N3O5S. The van der Waals surface area contributed by atoms with Gasteiger partial charge in [-0.1, -0.05) is 38.1 Å². The van der Waals surface area contributed by atoms with Gasteiger partial charge in [0.15, 0.2) is 9.84 Å². The Balaban J connectivity index is 1.71. The Labute approximate surface area is 181 Å². The molecule has 2 aromatic rings. The van der Waals surface area contributed by atoms with Crippen molar-refractivity contribution in [3.63, 3.8) is 0 Å². The molecular weight excluding hydrogens is 418 g/mol. The number of benzene rings is 2. The highest BCUT2D eigenvalue weighted by Crippen LogP contribution is 2.30. The van der Waals surface area contributed by atoms with Crippen LogP contribution in [0.4, 0.5) is 10.5 Å². The first-order valence-electron chi connectivity index (χ1n) is 9.76. The summed E-state index contributed by atoms with van der Waals surface area (Å²) in [6.07, 6.45) is 1.09. The maximum absolute atomic E-state index is 13.0. The average molecular weight is 444 g/mol. The zero-order valence-electron chi connectivity index (χ0n) is 17.8. The van der Waals surface area contributed by atoms with Crippen molar-refractivity contribution >= 4 is 33.4 Å². The van der Waals surface area contributed by atoms with Crippen LogP contribution < -0.4 is 10.6 Å². The molecule has 3 rings (SSSR count). The molecule has 1 unspecified atom stereocenters. The maximum atomic E-state index is 13.0. The van der Waals surface area contributed by atoms with E-state index in [1.807, 2.05) is 12.1 Å². The number of nitrogens with zero attached hydrogens (tertiary/aromatic N) is 1. The molecule has 4 amide bonds. The number of rotatable bonds is 6. The third-order valence-corrected chi connectivity index (χ3v) is 6.43. The Hall–Kier alpha value is -3.20. The van der Waals surface area contributed by atoms with Gasteiger partial charge in [-0.3, -0.25) is 14.5 Å². The van der Waals surface area contributed by atoms with E-state index in [2.05, 4.69) is 24.5 Å². The normalized spacial score (nSPS) is 18.9. The standard InChI is InChI=1S/C22H25N3O5S/c1-14(2)15-5-7-16(8-6-15)22(3)20(27)25(21(28)24-22)13-19(26)23-17-9-11-18(12-10-17)31(4,29)30/h5-12,14H,13H2,1-4H3,(H,23,26)(H,24,28). The van der Waals surface area contributed by atoms with Gasteiger partial charge >= 0.3 is 6.03 Å². The van der Waals surface area contributed by atoms with E-state index >= 15 is 0 Å². The van der Waals surface area contributed by atoms with Gasteiger partial charge in [-0.05, 0) is 48.2 Å². The summed E-state index contributed by atoms with van der Waals surface area (Å²) in [6.45, 7) is 5.28. The molecule has 0 aliphatic carbocycles. The number of sulfone groups is 1. The molecule has 164 valence electrons. The fourth-order valence-corrected chi connectivity index (χ4v) is 4.00. The van der Waals surface area contributed by atoms with Crippen LogP contribution in [0.25, 0.3) is 0 Å². The molecule has 0 spiro atoms. The summed E-state index contributed by atoms with van der Waals surface area (Å²) in [5.41, 5.74) is 0.845. The van der Waals surface area contributed by atoms with Crippen molar-refractivity contribution in [2.75, 3.05) is 18.1 Å². The molecule has 2 aromatic carbocycles. The Kier molecular flexibility index (Phi) is 5.91. The van der Waals surface area contributed by atoms with Crippen molar-refractivity contribution in [3.05, 3.63) is 59.7 Å². The molecule has 0 radical (unpaired) electrons. The van der Waals surface area contributed by atoms with Gasteiger partial charge in [0, 0.05) is 11.9 Å². The SMILES string of the molecule is CC(C)c1ccc(C2(C)NC(=O)N(CC(=O)Nc3ccc(S(C)(=O)=O)cc3)C2=O)cc1. The van der Waals surface area contributed by atoms with E-state index in [1.165, 1.54) is 24.3 Å². The fourth-order valence-electron chi connectivity index (χ4n) is 3.37. The molecule has 1 heterocycles. The molecule has 1 aliphatic heterocycles. The molecule has 0 aromatic heterocycles. The number of carbonyl (C=O) groups excluding carboxylic acids is 3. The molecule has 1 atom stereocenters. The zero-order valence-corrected chi connectivity index (χ0v) is 18.6. The van der Waals surface area contributed by atoms with Crippen LogP contribution in [0.2, 0.25) is 0 Å². The van der Waals surface area contributed by atoms with Crippen LogP contribution >= 0.6 is 0 Å². The van der Waals surface area contributed by atoms with Gasteiger partial charge in [-0.2, -0.15) is 0 Å². The summed E-state index contributed by atoms with van der Waals surface area (Å²) in [5.74, 6) is -0.755. The van der Waals surface area contributed by atoms with Gasteiger partial charge in [0.25, 0.3) is 5.91 Å². The predicted molar refractivity (Wildman–Crippen MR) is 116 cm³/mol. The first-order valence-corrected chi connectivity index (χ1v) is 11.7. The second-order valence-corrected chi connectivity index (χ2v) is 10.1. The monoisotopic (exact) mass is 443 g/mol. The van der Waals surface area contributed by atoms with Crippen LogP contribution in [0.15, 0.2) is 53.4 Å². The van der Waals surface area contributed by atoms with Gasteiger partial charge in [-0.15, -0.1) is 0 Å². The number of nitrogens with one attached hydrogen (secondary N) is 2. The molecule has 2 N–H and O–H groups in total. The topological polar surface area (TPSA) is 113 Å². The Morgan fingerprint density at radius 1 is 1.06 bits per heavy atom. The molecule has 9 heteroatoms. The van der Waals surface area contributed by atoms with E-state index < -0.39 is 39.8 Å². The lowest BCUT2D eigenvalue weighted by molar-refractivity contribution is -0.133. The van der Waals surface area contributed by atoms with Gasteiger partial charge in [0.1, 0.15) is 12.1 Å². The van der Waals surface area contributed by atoms with Crippen molar-refractivity contribution in [2.24, 2.45) is 0 Å². The first-order chi connectivity index (χ1) is 14.4. The molecule has 31 heavy (non-hydrogen) atoms. The highest BCUT2D eigenvalue weighted by Gasteiger charge is 2.49. The third kappa shape index (κ3) is 4.61. The Morgan fingerprint density at radius 3 is 2.16 bits per heavy atom. The number of amides is 4. The molecule has 1 fully saturated rings. The number of hydrogen-bond acceptors (Lipinski definition) is 5. The van der Waals surface area contributed by atoms with E-state index in [9.17, 15) is 22.8 Å². The minimum absolute atomic E-state index is 0.124. The molecule has 8 nitrogen and oxygen atoms in total. The van der Waals surface area contributed by atoms with E-state index in [0.29, 0.717) is 17.2 Å². The molecule has 1 saturated heterocycles. The van der Waals surface area contributed by atoms with E-state index in [-0.39, 0.29) is 4.90 Å². The number of urea groups is 1. The Bertz CT molecular complexity index is 1120. The number of anilines is 1. The largest absolute Gasteiger partial charge is 0.325 e. The summed E-state index contributed by atoms with van der Waals surface area (Å²) in [4.78, 5) is 38.8. The minimum atomic E-state index is -3.35. The number of imide groups is 1. The summed E-state index contributed by atoms with van der Waals surface area (Å²) >= 11 is 0. The second-order valence-electron chi connectivity index (χ2n) is 8.07. The highest BCUT2D eigenvalue weighted by molar-refractivity contribution is 7.90. The number of carbonyl (C=O) groups is 3. The van der Waals surface area contributed by atoms with Crippen molar-refractivity contribution in [2.45, 2.75) is 37.1 Å². The van der Waals surface area contributed by atoms with E-state index in [0.717, 1.165) is 16.7 Å². The fraction of sp³-hybridized carbons (Fsp3) is 0.318. The minimum Gasteiger partial charge on any atom is -0.325 e. The Morgan fingerprint density at radius 2 is 1.65 bits per heavy atom. The van der Waals surface area contributed by atoms with Crippen LogP contribution in [0, 0.1) is 0 Å². The lowest BCUT2D eigenvalue weighted by Crippen LogP contribution is -2.42. The third-order valence-electron chi connectivity index (χ3n) is 5.30. The van der Waals surface area contributed by atoms with Crippen molar-refractivity contribution in [3.8, 4) is 0 Å². The van der Waals surface area contributed by atoms with Crippen LogP contribution in [0.5, 0.6) is 0 Å². The molecule has 1 aliphatic rings. The summed E-state index contributed by atoms with van der Waals surface area (Å²) in [5, 5.41) is 5.25. The van der Waals surface area contributed by atoms with Gasteiger partial charge in [0.05, 0.1) is 4.90 Å². The lowest BCUT2D eigenvalue weighted by Gasteiger charge is -2.22. The predicted octanol–water partition coefficient (Wildman–Crippen LogP) is 2.62. The zero-order chi connectivity index (χ0) is 23.0. The summed E-state index contributed by atoms with van der Waals surface area (Å²) < 4.78 is 23.0. The second kappa shape index (κ2) is 8.14. The van der Waals surface area contributed by atoms with Gasteiger partial charge < -0.3 is 10.6 Å². The van der Waals surface area contributed by atoms with E-state index in [4.69, 9.17) is 0 Å². The first kappa shape index (κ1) is 22.5. The smallest absolute Gasteiger partial charge is 0.325 e. The maximum Gasteiger partial charge on any atom is 0.325 e. The van der Waals surface area contributed by atoms with Crippen molar-refractivity contribution < 1.29 is 22.8 Å². The van der Waals surface area contributed by atoms with Crippen LogP contribution in [-0.4, -0.2) is 44.0 Å². The van der Waals surface area contributed by atoms with Crippen molar-refractivity contribution in [1.29, 1.82) is 0 Å². The van der Waals surface area contributed by atoms with Crippen LogP contribution in [0.1, 0.15) is 37.8 Å². The summed E-state index contributed by atoms with van der Waals surface area (Å²) in [6, 6.07) is 12.4. The van der Waals surface area contributed by atoms with E-state index in [1.54, 1.807) is 19.1 Å². The van der Waals surface area contributed by atoms with Crippen LogP contribution in [-0.2, 0) is 25.0 Å². The van der Waals surface area contributed by atoms with Gasteiger partial charge in [0.2, 0.25) is 5.91 Å². The quantitative estimate of drug-likeness (QED) is 0.667. The number of hydrogen-bond donors (Lipinski definition) is 2. The average Bonchev–Trinajstić information content (AvgIpc) is 2.91. The molecule has 0 bridgehead atoms. The van der Waals surface area contributed by atoms with Gasteiger partial charge in [-0.25, -0.2) is 13.2 Å². The summed E-state index contributed by atoms with van der Waals surface area (Å²) in [7, 11) is -3.35. The van der Waals surface area contributed by atoms with Crippen molar-refractivity contribution in [1.82, 2.24) is 10.2 Å². The molecule has 0 saturated carbocycles. The highest BCUT2D eigenvalue weighted by atomic mass is 32.2.